The quantitative estimate of drug-likeness (QED) is 0.761. The number of aliphatic carboxylic acids is 2. The Morgan fingerprint density at radius 2 is 1.86 bits per heavy atom. The molecule has 0 radical (unpaired) electrons. The van der Waals surface area contributed by atoms with Gasteiger partial charge >= 0.3 is 11.9 Å². The summed E-state index contributed by atoms with van der Waals surface area (Å²) in [6.45, 7) is 7.65. The van der Waals surface area contributed by atoms with Crippen molar-refractivity contribution < 1.29 is 24.5 Å². The predicted molar refractivity (Wildman–Crippen MR) is 79.1 cm³/mol. The molecular formula is C16H28O5. The summed E-state index contributed by atoms with van der Waals surface area (Å²) in [4.78, 5) is 21.2. The van der Waals surface area contributed by atoms with E-state index >= 15 is 0 Å². The fourth-order valence-corrected chi connectivity index (χ4v) is 2.63. The molecule has 0 bridgehead atoms. The second-order valence-corrected chi connectivity index (χ2v) is 6.78. The van der Waals surface area contributed by atoms with E-state index < -0.39 is 17.4 Å². The minimum atomic E-state index is -0.696. The summed E-state index contributed by atoms with van der Waals surface area (Å²) in [6.07, 6.45) is 5.22. The van der Waals surface area contributed by atoms with Crippen LogP contribution in [0.25, 0.3) is 0 Å². The predicted octanol–water partition coefficient (Wildman–Crippen LogP) is 3.17. The maximum absolute atomic E-state index is 10.7. The van der Waals surface area contributed by atoms with E-state index in [2.05, 4.69) is 6.92 Å². The highest BCUT2D eigenvalue weighted by molar-refractivity contribution is 5.73. The number of epoxide rings is 1. The lowest BCUT2D eigenvalue weighted by atomic mass is 9.78. The first kappa shape index (κ1) is 18.0. The van der Waals surface area contributed by atoms with Gasteiger partial charge in [0.15, 0.2) is 0 Å². The van der Waals surface area contributed by atoms with Crippen LogP contribution in [-0.4, -0.2) is 34.4 Å². The van der Waals surface area contributed by atoms with Gasteiger partial charge in [-0.3, -0.25) is 9.59 Å². The Kier molecular flexibility index (Phi) is 6.20. The number of carboxylic acid groups (broad SMARTS) is 2. The van der Waals surface area contributed by atoms with E-state index in [-0.39, 0.29) is 17.9 Å². The maximum atomic E-state index is 10.7. The number of hydrogen-bond donors (Lipinski definition) is 2. The number of carboxylic acids is 2. The third-order valence-electron chi connectivity index (χ3n) is 4.86. The molecule has 1 heterocycles. The van der Waals surface area contributed by atoms with Gasteiger partial charge in [-0.1, -0.05) is 20.3 Å². The summed E-state index contributed by atoms with van der Waals surface area (Å²) in [5.74, 6) is -1.24. The summed E-state index contributed by atoms with van der Waals surface area (Å²) in [5.41, 5.74) is -0.573. The molecule has 2 rings (SSSR count). The fraction of sp³-hybridized carbons (Fsp3) is 0.875. The highest BCUT2D eigenvalue weighted by atomic mass is 16.6. The first-order valence-corrected chi connectivity index (χ1v) is 7.81. The number of carbonyl (C=O) groups is 2. The summed E-state index contributed by atoms with van der Waals surface area (Å²) < 4.78 is 5.19. The van der Waals surface area contributed by atoms with E-state index in [0.717, 1.165) is 32.1 Å². The minimum Gasteiger partial charge on any atom is -0.481 e. The average molecular weight is 300 g/mol. The van der Waals surface area contributed by atoms with Crippen LogP contribution in [0.4, 0.5) is 0 Å². The number of rotatable bonds is 5. The highest BCUT2D eigenvalue weighted by Crippen LogP contribution is 2.39. The van der Waals surface area contributed by atoms with Crippen molar-refractivity contribution in [1.29, 1.82) is 0 Å². The molecule has 2 fully saturated rings. The van der Waals surface area contributed by atoms with Crippen LogP contribution in [0.1, 0.15) is 59.8 Å². The molecule has 1 saturated carbocycles. The normalized spacial score (nSPS) is 28.7. The summed E-state index contributed by atoms with van der Waals surface area (Å²) in [5, 5.41) is 17.5. The third kappa shape index (κ3) is 4.99. The number of ether oxygens (including phenoxy) is 1. The van der Waals surface area contributed by atoms with Gasteiger partial charge < -0.3 is 14.9 Å². The largest absolute Gasteiger partial charge is 0.481 e. The maximum Gasteiger partial charge on any atom is 0.309 e. The van der Waals surface area contributed by atoms with Gasteiger partial charge in [0.05, 0.1) is 23.5 Å². The second-order valence-electron chi connectivity index (χ2n) is 6.78. The van der Waals surface area contributed by atoms with Crippen molar-refractivity contribution >= 4 is 11.9 Å². The Morgan fingerprint density at radius 3 is 2.29 bits per heavy atom. The average Bonchev–Trinajstić information content (AvgIpc) is 3.17. The molecule has 4 unspecified atom stereocenters. The van der Waals surface area contributed by atoms with Crippen molar-refractivity contribution in [3.63, 3.8) is 0 Å². The van der Waals surface area contributed by atoms with Gasteiger partial charge in [0.1, 0.15) is 0 Å². The first-order chi connectivity index (χ1) is 9.70. The molecule has 0 amide bonds. The lowest BCUT2D eigenvalue weighted by molar-refractivity contribution is -0.150. The molecule has 2 N–H and O–H groups in total. The Balaban J connectivity index is 0.000000210. The fourth-order valence-electron chi connectivity index (χ4n) is 2.63. The van der Waals surface area contributed by atoms with E-state index in [0.29, 0.717) is 6.10 Å². The SMILES string of the molecule is CCCC(C)C(C)(C)C(=O)O.O=C(O)C1CCC2OC2C1. The van der Waals surface area contributed by atoms with Crippen LogP contribution in [0.5, 0.6) is 0 Å². The molecule has 1 aliphatic carbocycles. The van der Waals surface area contributed by atoms with E-state index in [1.54, 1.807) is 13.8 Å². The molecular weight excluding hydrogens is 272 g/mol. The lowest BCUT2D eigenvalue weighted by Gasteiger charge is -2.26. The molecule has 2 aliphatic rings. The molecule has 1 aliphatic heterocycles. The van der Waals surface area contributed by atoms with Gasteiger partial charge in [-0.25, -0.2) is 0 Å². The van der Waals surface area contributed by atoms with Crippen LogP contribution in [0.3, 0.4) is 0 Å². The molecule has 1 saturated heterocycles. The van der Waals surface area contributed by atoms with Crippen molar-refractivity contribution in [1.82, 2.24) is 0 Å². The van der Waals surface area contributed by atoms with Crippen molar-refractivity contribution in [2.45, 2.75) is 72.0 Å². The summed E-state index contributed by atoms with van der Waals surface area (Å²) in [6, 6.07) is 0. The Morgan fingerprint density at radius 1 is 1.24 bits per heavy atom. The van der Waals surface area contributed by atoms with Gasteiger partial charge in [0.2, 0.25) is 0 Å². The van der Waals surface area contributed by atoms with Crippen LogP contribution in [-0.2, 0) is 14.3 Å². The van der Waals surface area contributed by atoms with Gasteiger partial charge in [-0.2, -0.15) is 0 Å². The van der Waals surface area contributed by atoms with Gasteiger partial charge in [-0.15, -0.1) is 0 Å². The van der Waals surface area contributed by atoms with Crippen LogP contribution < -0.4 is 0 Å². The third-order valence-corrected chi connectivity index (χ3v) is 4.86. The summed E-state index contributed by atoms with van der Waals surface area (Å²) >= 11 is 0. The molecule has 0 aromatic carbocycles. The Bertz CT molecular complexity index is 377. The molecule has 122 valence electrons. The molecule has 4 atom stereocenters. The zero-order valence-corrected chi connectivity index (χ0v) is 13.5. The van der Waals surface area contributed by atoms with E-state index in [4.69, 9.17) is 14.9 Å². The Hall–Kier alpha value is -1.10. The second kappa shape index (κ2) is 7.25. The molecule has 0 aromatic heterocycles. The van der Waals surface area contributed by atoms with E-state index in [1.807, 2.05) is 6.92 Å². The van der Waals surface area contributed by atoms with E-state index in [9.17, 15) is 9.59 Å². The number of hydrogen-bond acceptors (Lipinski definition) is 3. The zero-order valence-electron chi connectivity index (χ0n) is 13.5. The van der Waals surface area contributed by atoms with Crippen LogP contribution in [0.15, 0.2) is 0 Å². The molecule has 5 heteroatoms. The van der Waals surface area contributed by atoms with Gasteiger partial charge in [0, 0.05) is 0 Å². The van der Waals surface area contributed by atoms with Gasteiger partial charge in [-0.05, 0) is 45.4 Å². The van der Waals surface area contributed by atoms with Crippen molar-refractivity contribution in [2.24, 2.45) is 17.3 Å². The molecule has 5 nitrogen and oxygen atoms in total. The van der Waals surface area contributed by atoms with Crippen molar-refractivity contribution in [2.75, 3.05) is 0 Å². The molecule has 0 aromatic rings. The minimum absolute atomic E-state index is 0.135. The van der Waals surface area contributed by atoms with E-state index in [1.165, 1.54) is 0 Å². The van der Waals surface area contributed by atoms with Crippen molar-refractivity contribution in [3.8, 4) is 0 Å². The Labute approximate surface area is 126 Å². The standard InChI is InChI=1S/C9H18O2.C7H10O3/c1-5-6-7(2)9(3,4)8(10)11;8-7(9)4-1-2-5-6(3-4)10-5/h7H,5-6H2,1-4H3,(H,10,11);4-6H,1-3H2,(H,8,9). The zero-order chi connectivity index (χ0) is 16.2. The lowest BCUT2D eigenvalue weighted by Crippen LogP contribution is -2.30. The molecule has 21 heavy (non-hydrogen) atoms. The first-order valence-electron chi connectivity index (χ1n) is 7.81. The van der Waals surface area contributed by atoms with Crippen LogP contribution in [0, 0.1) is 17.3 Å². The topological polar surface area (TPSA) is 87.1 Å². The van der Waals surface area contributed by atoms with Crippen LogP contribution >= 0.6 is 0 Å². The number of fused-ring (bicyclic) bond motifs is 1. The summed E-state index contributed by atoms with van der Waals surface area (Å²) in [7, 11) is 0. The molecule has 0 spiro atoms. The van der Waals surface area contributed by atoms with Crippen molar-refractivity contribution in [3.05, 3.63) is 0 Å². The highest BCUT2D eigenvalue weighted by Gasteiger charge is 2.45. The monoisotopic (exact) mass is 300 g/mol. The van der Waals surface area contributed by atoms with Crippen LogP contribution in [0.2, 0.25) is 0 Å². The smallest absolute Gasteiger partial charge is 0.309 e. The van der Waals surface area contributed by atoms with Gasteiger partial charge in [0.25, 0.3) is 0 Å².